The first kappa shape index (κ1) is 12.0. The van der Waals surface area contributed by atoms with Gasteiger partial charge in [0.05, 0.1) is 18.0 Å². The third-order valence-corrected chi connectivity index (χ3v) is 3.03. The smallest absolute Gasteiger partial charge is 0.255 e. The van der Waals surface area contributed by atoms with E-state index in [9.17, 15) is 4.79 Å². The van der Waals surface area contributed by atoms with Crippen LogP contribution in [0, 0.1) is 0 Å². The maximum Gasteiger partial charge on any atom is 0.255 e. The quantitative estimate of drug-likeness (QED) is 0.832. The number of rotatable bonds is 4. The lowest BCUT2D eigenvalue weighted by Gasteiger charge is -2.28. The topological polar surface area (TPSA) is 58.1 Å². The van der Waals surface area contributed by atoms with Crippen molar-refractivity contribution in [2.75, 3.05) is 19.6 Å². The molecule has 0 aliphatic carbocycles. The predicted molar refractivity (Wildman–Crippen MR) is 64.6 cm³/mol. The number of nitrogens with one attached hydrogen (secondary N) is 1. The average molecular weight is 234 g/mol. The van der Waals surface area contributed by atoms with Gasteiger partial charge in [0.1, 0.15) is 0 Å². The molecular weight excluding hydrogens is 216 g/mol. The van der Waals surface area contributed by atoms with Crippen LogP contribution in [0.5, 0.6) is 0 Å². The van der Waals surface area contributed by atoms with Gasteiger partial charge in [-0.15, -0.1) is 0 Å². The van der Waals surface area contributed by atoms with Crippen molar-refractivity contribution in [3.63, 3.8) is 0 Å². The Bertz CT molecular complexity index is 362. The Hall–Kier alpha value is -1.49. The molecule has 1 saturated heterocycles. The van der Waals surface area contributed by atoms with E-state index in [1.165, 1.54) is 6.20 Å². The molecule has 0 radical (unpaired) electrons. The van der Waals surface area contributed by atoms with Gasteiger partial charge in [-0.2, -0.15) is 10.2 Å². The van der Waals surface area contributed by atoms with E-state index in [2.05, 4.69) is 22.4 Å². The summed E-state index contributed by atoms with van der Waals surface area (Å²) in [6.07, 6.45) is 5.10. The van der Waals surface area contributed by atoms with Crippen molar-refractivity contribution in [1.82, 2.24) is 20.4 Å². The molecule has 92 valence electrons. The molecule has 2 rings (SSSR count). The van der Waals surface area contributed by atoms with Crippen LogP contribution < -0.4 is 5.32 Å². The molecule has 1 aliphatic rings. The van der Waals surface area contributed by atoms with E-state index >= 15 is 0 Å². The second-order valence-electron chi connectivity index (χ2n) is 4.28. The van der Waals surface area contributed by atoms with Gasteiger partial charge in [0.25, 0.3) is 5.91 Å². The molecule has 1 amide bonds. The molecule has 2 heterocycles. The van der Waals surface area contributed by atoms with Crippen LogP contribution >= 0.6 is 0 Å². The van der Waals surface area contributed by atoms with Crippen molar-refractivity contribution in [3.8, 4) is 0 Å². The number of nitrogens with zero attached hydrogens (tertiary/aromatic N) is 3. The van der Waals surface area contributed by atoms with Crippen molar-refractivity contribution in [2.24, 2.45) is 0 Å². The molecule has 1 aliphatic heterocycles. The monoisotopic (exact) mass is 234 g/mol. The summed E-state index contributed by atoms with van der Waals surface area (Å²) in [5.41, 5.74) is 0.625. The van der Waals surface area contributed by atoms with Gasteiger partial charge in [0, 0.05) is 19.1 Å². The number of hydrogen-bond acceptors (Lipinski definition) is 4. The molecular formula is C12H18N4O. The van der Waals surface area contributed by atoms with Crippen LogP contribution in [0.4, 0.5) is 0 Å². The van der Waals surface area contributed by atoms with Gasteiger partial charge in [-0.3, -0.25) is 4.79 Å². The summed E-state index contributed by atoms with van der Waals surface area (Å²) < 4.78 is 0. The standard InChI is InChI=1S/C12H18N4O/c1-2-7-16(11-4-5-13-9-11)12(17)10-3-6-14-15-8-10/h3,6,8,11,13H,2,4-5,7,9H2,1H3. The first-order valence-electron chi connectivity index (χ1n) is 6.11. The summed E-state index contributed by atoms with van der Waals surface area (Å²) in [6, 6.07) is 2.04. The van der Waals surface area contributed by atoms with Crippen molar-refractivity contribution in [2.45, 2.75) is 25.8 Å². The fraction of sp³-hybridized carbons (Fsp3) is 0.583. The molecule has 1 unspecified atom stereocenters. The van der Waals surface area contributed by atoms with Gasteiger partial charge >= 0.3 is 0 Å². The largest absolute Gasteiger partial charge is 0.334 e. The number of hydrogen-bond donors (Lipinski definition) is 1. The Balaban J connectivity index is 2.12. The van der Waals surface area contributed by atoms with Crippen molar-refractivity contribution < 1.29 is 4.79 Å². The highest BCUT2D eigenvalue weighted by Gasteiger charge is 2.26. The molecule has 0 bridgehead atoms. The lowest BCUT2D eigenvalue weighted by molar-refractivity contribution is 0.0691. The minimum Gasteiger partial charge on any atom is -0.334 e. The van der Waals surface area contributed by atoms with Crippen LogP contribution in [-0.4, -0.2) is 46.7 Å². The maximum atomic E-state index is 12.4. The number of aromatic nitrogens is 2. The Morgan fingerprint density at radius 1 is 1.59 bits per heavy atom. The Morgan fingerprint density at radius 2 is 2.47 bits per heavy atom. The molecule has 0 saturated carbocycles. The zero-order valence-electron chi connectivity index (χ0n) is 10.1. The van der Waals surface area contributed by atoms with Gasteiger partial charge in [-0.05, 0) is 25.5 Å². The molecule has 1 aromatic rings. The Kier molecular flexibility index (Phi) is 4.03. The lowest BCUT2D eigenvalue weighted by Crippen LogP contribution is -2.42. The second kappa shape index (κ2) is 5.72. The summed E-state index contributed by atoms with van der Waals surface area (Å²) >= 11 is 0. The molecule has 1 N–H and O–H groups in total. The summed E-state index contributed by atoms with van der Waals surface area (Å²) in [4.78, 5) is 14.3. The van der Waals surface area contributed by atoms with Crippen LogP contribution in [0.2, 0.25) is 0 Å². The van der Waals surface area contributed by atoms with E-state index in [4.69, 9.17) is 0 Å². The van der Waals surface area contributed by atoms with Gasteiger partial charge in [-0.1, -0.05) is 6.92 Å². The van der Waals surface area contributed by atoms with E-state index < -0.39 is 0 Å². The molecule has 1 aromatic heterocycles. The van der Waals surface area contributed by atoms with E-state index in [-0.39, 0.29) is 5.91 Å². The Labute approximate surface area is 101 Å². The van der Waals surface area contributed by atoms with E-state index in [0.29, 0.717) is 11.6 Å². The average Bonchev–Trinajstić information content (AvgIpc) is 2.90. The zero-order valence-corrected chi connectivity index (χ0v) is 10.1. The van der Waals surface area contributed by atoms with Crippen molar-refractivity contribution >= 4 is 5.91 Å². The molecule has 5 nitrogen and oxygen atoms in total. The van der Waals surface area contributed by atoms with Crippen molar-refractivity contribution in [3.05, 3.63) is 24.0 Å². The zero-order chi connectivity index (χ0) is 12.1. The fourth-order valence-electron chi connectivity index (χ4n) is 2.18. The summed E-state index contributed by atoms with van der Waals surface area (Å²) in [5, 5.41) is 10.8. The summed E-state index contributed by atoms with van der Waals surface area (Å²) in [5.74, 6) is 0.0652. The summed E-state index contributed by atoms with van der Waals surface area (Å²) in [7, 11) is 0. The molecule has 0 spiro atoms. The highest BCUT2D eigenvalue weighted by Crippen LogP contribution is 2.13. The predicted octanol–water partition coefficient (Wildman–Crippen LogP) is 0.691. The van der Waals surface area contributed by atoms with E-state index in [1.54, 1.807) is 12.3 Å². The van der Waals surface area contributed by atoms with E-state index in [0.717, 1.165) is 32.5 Å². The lowest BCUT2D eigenvalue weighted by atomic mass is 10.1. The molecule has 1 fully saturated rings. The number of carbonyl (C=O) groups excluding carboxylic acids is 1. The maximum absolute atomic E-state index is 12.4. The van der Waals surface area contributed by atoms with Crippen LogP contribution in [0.25, 0.3) is 0 Å². The minimum atomic E-state index is 0.0652. The van der Waals surface area contributed by atoms with Gasteiger partial charge < -0.3 is 10.2 Å². The first-order valence-corrected chi connectivity index (χ1v) is 6.11. The highest BCUT2D eigenvalue weighted by atomic mass is 16.2. The van der Waals surface area contributed by atoms with Crippen LogP contribution in [-0.2, 0) is 0 Å². The van der Waals surface area contributed by atoms with Crippen LogP contribution in [0.15, 0.2) is 18.5 Å². The fourth-order valence-corrected chi connectivity index (χ4v) is 2.18. The third-order valence-electron chi connectivity index (χ3n) is 3.03. The number of amides is 1. The SMILES string of the molecule is CCCN(C(=O)c1ccnnc1)C1CCNC1. The van der Waals surface area contributed by atoms with Gasteiger partial charge in [0.2, 0.25) is 0 Å². The summed E-state index contributed by atoms with van der Waals surface area (Å²) in [6.45, 7) is 4.78. The highest BCUT2D eigenvalue weighted by molar-refractivity contribution is 5.94. The molecule has 0 aromatic carbocycles. The minimum absolute atomic E-state index is 0.0652. The molecule has 5 heteroatoms. The van der Waals surface area contributed by atoms with Crippen molar-refractivity contribution in [1.29, 1.82) is 0 Å². The molecule has 1 atom stereocenters. The first-order chi connectivity index (χ1) is 8.33. The molecule has 17 heavy (non-hydrogen) atoms. The van der Waals surface area contributed by atoms with Gasteiger partial charge in [-0.25, -0.2) is 0 Å². The van der Waals surface area contributed by atoms with E-state index in [1.807, 2.05) is 4.90 Å². The number of carbonyl (C=O) groups is 1. The van der Waals surface area contributed by atoms with Crippen LogP contribution in [0.3, 0.4) is 0 Å². The van der Waals surface area contributed by atoms with Crippen LogP contribution in [0.1, 0.15) is 30.1 Å². The second-order valence-corrected chi connectivity index (χ2v) is 4.28. The van der Waals surface area contributed by atoms with Gasteiger partial charge in [0.15, 0.2) is 0 Å². The third kappa shape index (κ3) is 2.79. The normalized spacial score (nSPS) is 19.2. The Morgan fingerprint density at radius 3 is 3.06 bits per heavy atom.